The molecule has 5 atom stereocenters. The van der Waals surface area contributed by atoms with Crippen molar-refractivity contribution in [2.75, 3.05) is 19.7 Å². The van der Waals surface area contributed by atoms with Gasteiger partial charge in [-0.2, -0.15) is 0 Å². The number of carboxylic acid groups (broad SMARTS) is 1. The molecule has 3 aliphatic rings. The SMILES string of the molecule is C=CCN(C(=O)C1N(CCCCCO)C(=O)[C@@H]2[C@@H](C(=O)O)[C@@]3(C)CCC12O3)C(C)(C)CC(C)(C)C. The molecule has 3 rings (SSSR count). The lowest BCUT2D eigenvalue weighted by Crippen LogP contribution is -2.61. The predicted molar refractivity (Wildman–Crippen MR) is 133 cm³/mol. The van der Waals surface area contributed by atoms with Crippen LogP contribution in [0.4, 0.5) is 0 Å². The number of hydrogen-bond acceptors (Lipinski definition) is 5. The third-order valence-corrected chi connectivity index (χ3v) is 8.11. The highest BCUT2D eigenvalue weighted by Gasteiger charge is 2.78. The van der Waals surface area contributed by atoms with Gasteiger partial charge in [-0.15, -0.1) is 6.58 Å². The quantitative estimate of drug-likeness (QED) is 0.339. The van der Waals surface area contributed by atoms with Crippen molar-refractivity contribution in [2.24, 2.45) is 17.3 Å². The number of carbonyl (C=O) groups is 3. The molecule has 3 heterocycles. The summed E-state index contributed by atoms with van der Waals surface area (Å²) in [6.45, 7) is 16.8. The first-order valence-electron chi connectivity index (χ1n) is 12.9. The van der Waals surface area contributed by atoms with E-state index in [2.05, 4.69) is 27.4 Å². The predicted octanol–water partition coefficient (Wildman–Crippen LogP) is 3.23. The molecule has 8 heteroatoms. The van der Waals surface area contributed by atoms with Crippen LogP contribution in [-0.4, -0.2) is 80.3 Å². The van der Waals surface area contributed by atoms with Crippen LogP contribution >= 0.6 is 0 Å². The fourth-order valence-electron chi connectivity index (χ4n) is 7.20. The molecule has 198 valence electrons. The van der Waals surface area contributed by atoms with Crippen molar-refractivity contribution < 1.29 is 29.3 Å². The highest BCUT2D eigenvalue weighted by molar-refractivity contribution is 5.98. The van der Waals surface area contributed by atoms with E-state index in [-0.39, 0.29) is 23.8 Å². The molecule has 3 fully saturated rings. The van der Waals surface area contributed by atoms with Crippen LogP contribution < -0.4 is 0 Å². The van der Waals surface area contributed by atoms with Crippen LogP contribution in [0.1, 0.15) is 80.1 Å². The van der Waals surface area contributed by atoms with E-state index < -0.39 is 40.6 Å². The van der Waals surface area contributed by atoms with Gasteiger partial charge in [-0.25, -0.2) is 0 Å². The van der Waals surface area contributed by atoms with Crippen molar-refractivity contribution in [3.63, 3.8) is 0 Å². The van der Waals surface area contributed by atoms with Crippen LogP contribution in [0, 0.1) is 17.3 Å². The van der Waals surface area contributed by atoms with E-state index in [0.717, 1.165) is 6.42 Å². The Labute approximate surface area is 209 Å². The van der Waals surface area contributed by atoms with Gasteiger partial charge < -0.3 is 24.7 Å². The van der Waals surface area contributed by atoms with E-state index in [1.165, 1.54) is 0 Å². The molecule has 3 aliphatic heterocycles. The molecule has 2 unspecified atom stereocenters. The molecule has 2 bridgehead atoms. The highest BCUT2D eigenvalue weighted by atomic mass is 16.5. The lowest BCUT2D eigenvalue weighted by molar-refractivity contribution is -0.158. The first kappa shape index (κ1) is 27.7. The smallest absolute Gasteiger partial charge is 0.310 e. The molecule has 0 aromatic carbocycles. The van der Waals surface area contributed by atoms with Crippen molar-refractivity contribution in [1.29, 1.82) is 0 Å². The molecule has 0 aromatic heterocycles. The molecule has 3 saturated heterocycles. The molecule has 0 aliphatic carbocycles. The summed E-state index contributed by atoms with van der Waals surface area (Å²) < 4.78 is 6.49. The standard InChI is InChI=1S/C27H44N2O6/c1-8-14-29(25(5,6)17-24(2,3)4)22(32)20-27-13-12-26(7,35-27)19(23(33)34)18(27)21(31)28(20)15-10-9-11-16-30/h8,18-20,30H,1,9-17H2,2-7H3,(H,33,34)/t18-,19-,20?,26+,27?/m0/s1. The van der Waals surface area contributed by atoms with Gasteiger partial charge in [0.1, 0.15) is 11.6 Å². The molecule has 2 N–H and O–H groups in total. The largest absolute Gasteiger partial charge is 0.481 e. The Balaban J connectivity index is 2.05. The van der Waals surface area contributed by atoms with E-state index in [0.29, 0.717) is 45.2 Å². The number of hydrogen-bond donors (Lipinski definition) is 2. The lowest BCUT2D eigenvalue weighted by Gasteiger charge is -2.45. The summed E-state index contributed by atoms with van der Waals surface area (Å²) >= 11 is 0. The zero-order valence-electron chi connectivity index (χ0n) is 22.3. The Hall–Kier alpha value is -1.93. The van der Waals surface area contributed by atoms with Crippen molar-refractivity contribution in [1.82, 2.24) is 9.80 Å². The maximum Gasteiger partial charge on any atom is 0.310 e. The second-order valence-corrected chi connectivity index (χ2v) is 12.7. The number of aliphatic hydroxyl groups excluding tert-OH is 1. The fourth-order valence-corrected chi connectivity index (χ4v) is 7.20. The van der Waals surface area contributed by atoms with Crippen molar-refractivity contribution in [2.45, 2.75) is 103 Å². The number of aliphatic hydroxyl groups is 1. The Morgan fingerprint density at radius 2 is 1.86 bits per heavy atom. The number of nitrogens with zero attached hydrogens (tertiary/aromatic N) is 2. The molecule has 0 radical (unpaired) electrons. The number of aliphatic carboxylic acids is 1. The summed E-state index contributed by atoms with van der Waals surface area (Å²) in [7, 11) is 0. The monoisotopic (exact) mass is 492 g/mol. The average molecular weight is 493 g/mol. The van der Waals surface area contributed by atoms with Gasteiger partial charge in [0.05, 0.1) is 17.4 Å². The Morgan fingerprint density at radius 3 is 2.40 bits per heavy atom. The van der Waals surface area contributed by atoms with E-state index >= 15 is 0 Å². The van der Waals surface area contributed by atoms with Crippen molar-refractivity contribution >= 4 is 17.8 Å². The molecule has 1 spiro atoms. The third kappa shape index (κ3) is 4.76. The minimum atomic E-state index is -1.14. The molecule has 8 nitrogen and oxygen atoms in total. The minimum Gasteiger partial charge on any atom is -0.481 e. The van der Waals surface area contributed by atoms with Gasteiger partial charge in [0, 0.05) is 25.2 Å². The van der Waals surface area contributed by atoms with Gasteiger partial charge >= 0.3 is 5.97 Å². The number of likely N-dealkylation sites (tertiary alicyclic amines) is 1. The first-order chi connectivity index (χ1) is 16.1. The minimum absolute atomic E-state index is 0.0380. The highest BCUT2D eigenvalue weighted by Crippen LogP contribution is 2.63. The van der Waals surface area contributed by atoms with Gasteiger partial charge in [0.15, 0.2) is 0 Å². The number of ether oxygens (including phenoxy) is 1. The van der Waals surface area contributed by atoms with Gasteiger partial charge in [-0.3, -0.25) is 14.4 Å². The topological polar surface area (TPSA) is 107 Å². The summed E-state index contributed by atoms with van der Waals surface area (Å²) in [6, 6.07) is -0.875. The molecule has 0 aromatic rings. The van der Waals surface area contributed by atoms with Gasteiger partial charge in [0.25, 0.3) is 0 Å². The maximum atomic E-state index is 14.4. The summed E-state index contributed by atoms with van der Waals surface area (Å²) in [6.07, 6.45) is 5.38. The Bertz CT molecular complexity index is 864. The van der Waals surface area contributed by atoms with Crippen LogP contribution in [0.5, 0.6) is 0 Å². The van der Waals surface area contributed by atoms with Crippen molar-refractivity contribution in [3.05, 3.63) is 12.7 Å². The summed E-state index contributed by atoms with van der Waals surface area (Å²) in [5.74, 6) is -3.39. The van der Waals surface area contributed by atoms with Crippen molar-refractivity contribution in [3.8, 4) is 0 Å². The van der Waals surface area contributed by atoms with Crippen LogP contribution in [-0.2, 0) is 19.1 Å². The average Bonchev–Trinajstić information content (AvgIpc) is 3.28. The zero-order valence-corrected chi connectivity index (χ0v) is 22.3. The van der Waals surface area contributed by atoms with E-state index in [9.17, 15) is 19.5 Å². The maximum absolute atomic E-state index is 14.4. The van der Waals surface area contributed by atoms with Crippen LogP contribution in [0.25, 0.3) is 0 Å². The van der Waals surface area contributed by atoms with Crippen LogP contribution in [0.3, 0.4) is 0 Å². The second-order valence-electron chi connectivity index (χ2n) is 12.7. The molecule has 2 amide bonds. The van der Waals surface area contributed by atoms with E-state index in [1.54, 1.807) is 22.8 Å². The third-order valence-electron chi connectivity index (χ3n) is 8.11. The molecule has 0 saturated carbocycles. The first-order valence-corrected chi connectivity index (χ1v) is 12.9. The zero-order chi connectivity index (χ0) is 26.4. The Kier molecular flexibility index (Phi) is 7.51. The summed E-state index contributed by atoms with van der Waals surface area (Å²) in [4.78, 5) is 44.0. The summed E-state index contributed by atoms with van der Waals surface area (Å²) in [5, 5.41) is 19.3. The summed E-state index contributed by atoms with van der Waals surface area (Å²) in [5.41, 5.74) is -2.65. The van der Waals surface area contributed by atoms with Gasteiger partial charge in [-0.1, -0.05) is 26.8 Å². The Morgan fingerprint density at radius 1 is 1.20 bits per heavy atom. The lowest BCUT2D eigenvalue weighted by atomic mass is 9.66. The van der Waals surface area contributed by atoms with E-state index in [1.807, 2.05) is 13.8 Å². The van der Waals surface area contributed by atoms with Crippen LogP contribution in [0.15, 0.2) is 12.7 Å². The number of fused-ring (bicyclic) bond motifs is 1. The van der Waals surface area contributed by atoms with Gasteiger partial charge in [-0.05, 0) is 64.7 Å². The number of amides is 2. The van der Waals surface area contributed by atoms with E-state index in [4.69, 9.17) is 9.84 Å². The van der Waals surface area contributed by atoms with Gasteiger partial charge in [0.2, 0.25) is 11.8 Å². The number of unbranched alkanes of at least 4 members (excludes halogenated alkanes) is 2. The normalized spacial score (nSPS) is 32.1. The second kappa shape index (κ2) is 9.51. The number of carbonyl (C=O) groups excluding carboxylic acids is 2. The number of rotatable bonds is 11. The molecule has 35 heavy (non-hydrogen) atoms. The van der Waals surface area contributed by atoms with Crippen LogP contribution in [0.2, 0.25) is 0 Å². The fraction of sp³-hybridized carbons (Fsp3) is 0.815. The molecular formula is C27H44N2O6. The molecular weight excluding hydrogens is 448 g/mol. The number of carboxylic acids is 1.